The molecule has 0 aliphatic rings. The van der Waals surface area contributed by atoms with Crippen molar-refractivity contribution in [3.05, 3.63) is 78.1 Å². The molecule has 0 atom stereocenters. The average Bonchev–Trinajstić information content (AvgIpc) is 3.13. The van der Waals surface area contributed by atoms with Crippen LogP contribution in [-0.2, 0) is 0 Å². The highest BCUT2D eigenvalue weighted by Gasteiger charge is 2.16. The highest BCUT2D eigenvalue weighted by Crippen LogP contribution is 2.30. The Bertz CT molecular complexity index is 1230. The third-order valence-corrected chi connectivity index (χ3v) is 4.55. The second-order valence-electron chi connectivity index (χ2n) is 5.90. The van der Waals surface area contributed by atoms with E-state index in [1.807, 2.05) is 60.7 Å². The summed E-state index contributed by atoms with van der Waals surface area (Å²) in [6, 6.07) is 19.6. The Labute approximate surface area is 153 Å². The topological polar surface area (TPSA) is 56.0 Å². The number of hydrogen-bond acceptors (Lipinski definition) is 4. The fourth-order valence-electron chi connectivity index (χ4n) is 3.08. The number of benzene rings is 2. The molecule has 0 saturated heterocycles. The van der Waals surface area contributed by atoms with E-state index < -0.39 is 0 Å². The standard InChI is InChI=1S/C20H12ClN5/c21-15-9-7-13(8-10-15)18-16-5-1-2-6-17(16)20-24-23-19(26(20)25-18)14-4-3-11-22-12-14/h1-12H. The van der Waals surface area contributed by atoms with Gasteiger partial charge in [-0.2, -0.15) is 9.61 Å². The Balaban J connectivity index is 1.87. The van der Waals surface area contributed by atoms with Crippen molar-refractivity contribution in [2.45, 2.75) is 0 Å². The monoisotopic (exact) mass is 357 g/mol. The smallest absolute Gasteiger partial charge is 0.186 e. The van der Waals surface area contributed by atoms with Crippen molar-refractivity contribution in [3.63, 3.8) is 0 Å². The summed E-state index contributed by atoms with van der Waals surface area (Å²) in [5.74, 6) is 0.661. The molecular formula is C20H12ClN5. The Morgan fingerprint density at radius 2 is 1.58 bits per heavy atom. The SMILES string of the molecule is Clc1ccc(-c2nn3c(-c4cccnc4)nnc3c3ccccc23)cc1. The summed E-state index contributed by atoms with van der Waals surface area (Å²) in [4.78, 5) is 4.18. The van der Waals surface area contributed by atoms with Crippen molar-refractivity contribution in [1.82, 2.24) is 24.8 Å². The van der Waals surface area contributed by atoms with Gasteiger partial charge < -0.3 is 0 Å². The van der Waals surface area contributed by atoms with Gasteiger partial charge in [0.15, 0.2) is 11.5 Å². The van der Waals surface area contributed by atoms with Gasteiger partial charge in [0.1, 0.15) is 0 Å². The number of hydrogen-bond donors (Lipinski definition) is 0. The van der Waals surface area contributed by atoms with Gasteiger partial charge in [-0.25, -0.2) is 0 Å². The van der Waals surface area contributed by atoms with Crippen LogP contribution in [-0.4, -0.2) is 24.8 Å². The van der Waals surface area contributed by atoms with E-state index in [4.69, 9.17) is 16.7 Å². The molecule has 0 radical (unpaired) electrons. The van der Waals surface area contributed by atoms with Crippen molar-refractivity contribution in [2.75, 3.05) is 0 Å². The zero-order valence-corrected chi connectivity index (χ0v) is 14.3. The molecule has 0 fully saturated rings. The second kappa shape index (κ2) is 5.89. The Morgan fingerprint density at radius 1 is 0.769 bits per heavy atom. The summed E-state index contributed by atoms with van der Waals surface area (Å²) >= 11 is 6.05. The maximum atomic E-state index is 6.05. The van der Waals surface area contributed by atoms with Gasteiger partial charge in [-0.05, 0) is 24.3 Å². The van der Waals surface area contributed by atoms with Gasteiger partial charge in [-0.3, -0.25) is 4.98 Å². The first-order valence-electron chi connectivity index (χ1n) is 8.12. The lowest BCUT2D eigenvalue weighted by molar-refractivity contribution is 0.950. The lowest BCUT2D eigenvalue weighted by Crippen LogP contribution is -1.99. The van der Waals surface area contributed by atoms with E-state index >= 15 is 0 Å². The molecule has 3 heterocycles. The summed E-state index contributed by atoms with van der Waals surface area (Å²) in [5.41, 5.74) is 3.43. The molecular weight excluding hydrogens is 346 g/mol. The van der Waals surface area contributed by atoms with Crippen LogP contribution >= 0.6 is 11.6 Å². The van der Waals surface area contributed by atoms with Crippen LogP contribution < -0.4 is 0 Å². The Morgan fingerprint density at radius 3 is 2.35 bits per heavy atom. The van der Waals surface area contributed by atoms with Crippen LogP contribution in [0.5, 0.6) is 0 Å². The van der Waals surface area contributed by atoms with Gasteiger partial charge >= 0.3 is 0 Å². The summed E-state index contributed by atoms with van der Waals surface area (Å²) in [5, 5.41) is 16.3. The van der Waals surface area contributed by atoms with E-state index in [0.29, 0.717) is 10.8 Å². The minimum atomic E-state index is 0.661. The maximum Gasteiger partial charge on any atom is 0.186 e. The normalized spacial score (nSPS) is 11.3. The molecule has 2 aromatic carbocycles. The molecule has 6 heteroatoms. The molecule has 26 heavy (non-hydrogen) atoms. The molecule has 0 bridgehead atoms. The zero-order valence-electron chi connectivity index (χ0n) is 13.5. The number of fused-ring (bicyclic) bond motifs is 3. The molecule has 124 valence electrons. The predicted octanol–water partition coefficient (Wildman–Crippen LogP) is 4.66. The third-order valence-electron chi connectivity index (χ3n) is 4.30. The number of rotatable bonds is 2. The predicted molar refractivity (Wildman–Crippen MR) is 102 cm³/mol. The minimum Gasteiger partial charge on any atom is -0.264 e. The van der Waals surface area contributed by atoms with Crippen LogP contribution in [0.25, 0.3) is 39.1 Å². The van der Waals surface area contributed by atoms with Crippen molar-refractivity contribution in [1.29, 1.82) is 0 Å². The number of halogens is 1. The van der Waals surface area contributed by atoms with E-state index in [0.717, 1.165) is 33.2 Å². The van der Waals surface area contributed by atoms with Crippen LogP contribution in [0.4, 0.5) is 0 Å². The summed E-state index contributed by atoms with van der Waals surface area (Å²) in [7, 11) is 0. The lowest BCUT2D eigenvalue weighted by atomic mass is 10.1. The lowest BCUT2D eigenvalue weighted by Gasteiger charge is -2.08. The zero-order chi connectivity index (χ0) is 17.5. The van der Waals surface area contributed by atoms with E-state index in [-0.39, 0.29) is 0 Å². The molecule has 0 unspecified atom stereocenters. The van der Waals surface area contributed by atoms with Gasteiger partial charge in [-0.1, -0.05) is 48.0 Å². The molecule has 0 aliphatic carbocycles. The van der Waals surface area contributed by atoms with Crippen molar-refractivity contribution < 1.29 is 0 Å². The van der Waals surface area contributed by atoms with Gasteiger partial charge in [0.25, 0.3) is 0 Å². The fourth-order valence-corrected chi connectivity index (χ4v) is 3.20. The molecule has 5 rings (SSSR count). The highest BCUT2D eigenvalue weighted by atomic mass is 35.5. The van der Waals surface area contributed by atoms with E-state index in [1.165, 1.54) is 0 Å². The third kappa shape index (κ3) is 2.33. The summed E-state index contributed by atoms with van der Waals surface area (Å²) in [6.45, 7) is 0. The average molecular weight is 358 g/mol. The van der Waals surface area contributed by atoms with Crippen LogP contribution in [0.2, 0.25) is 5.02 Å². The van der Waals surface area contributed by atoms with Crippen LogP contribution in [0.1, 0.15) is 0 Å². The molecule has 0 aliphatic heterocycles. The van der Waals surface area contributed by atoms with Crippen LogP contribution in [0, 0.1) is 0 Å². The molecule has 0 N–H and O–H groups in total. The number of nitrogens with zero attached hydrogens (tertiary/aromatic N) is 5. The molecule has 3 aromatic heterocycles. The largest absolute Gasteiger partial charge is 0.264 e. The highest BCUT2D eigenvalue weighted by molar-refractivity contribution is 6.30. The van der Waals surface area contributed by atoms with Gasteiger partial charge in [0.2, 0.25) is 0 Å². The quantitative estimate of drug-likeness (QED) is 0.461. The molecule has 0 amide bonds. The molecule has 5 aromatic rings. The molecule has 0 spiro atoms. The Hall–Kier alpha value is -3.31. The second-order valence-corrected chi connectivity index (χ2v) is 6.34. The molecule has 5 nitrogen and oxygen atoms in total. The van der Waals surface area contributed by atoms with Crippen LogP contribution in [0.15, 0.2) is 73.1 Å². The van der Waals surface area contributed by atoms with Crippen molar-refractivity contribution >= 4 is 28.0 Å². The van der Waals surface area contributed by atoms with Crippen LogP contribution in [0.3, 0.4) is 0 Å². The summed E-state index contributed by atoms with van der Waals surface area (Å²) < 4.78 is 1.78. The number of aromatic nitrogens is 5. The minimum absolute atomic E-state index is 0.661. The van der Waals surface area contributed by atoms with Gasteiger partial charge in [0.05, 0.1) is 5.69 Å². The van der Waals surface area contributed by atoms with Gasteiger partial charge in [-0.15, -0.1) is 10.2 Å². The van der Waals surface area contributed by atoms with Gasteiger partial charge in [0, 0.05) is 39.3 Å². The number of pyridine rings is 1. The Kier molecular flexibility index (Phi) is 3.40. The first-order chi connectivity index (χ1) is 12.8. The van der Waals surface area contributed by atoms with Crippen molar-refractivity contribution in [2.24, 2.45) is 0 Å². The van der Waals surface area contributed by atoms with E-state index in [1.54, 1.807) is 16.9 Å². The first-order valence-corrected chi connectivity index (χ1v) is 8.49. The first kappa shape index (κ1) is 15.0. The fraction of sp³-hybridized carbons (Fsp3) is 0. The van der Waals surface area contributed by atoms with E-state index in [2.05, 4.69) is 15.2 Å². The molecule has 0 saturated carbocycles. The van der Waals surface area contributed by atoms with E-state index in [9.17, 15) is 0 Å². The maximum absolute atomic E-state index is 6.05. The van der Waals surface area contributed by atoms with Crippen molar-refractivity contribution in [3.8, 4) is 22.6 Å². The summed E-state index contributed by atoms with van der Waals surface area (Å²) in [6.07, 6.45) is 3.49.